The quantitative estimate of drug-likeness (QED) is 0.0800. The van der Waals surface area contributed by atoms with Crippen molar-refractivity contribution in [1.82, 2.24) is 0 Å². The number of rotatable bonds is 20. The van der Waals surface area contributed by atoms with E-state index in [2.05, 4.69) is 6.92 Å². The second-order valence-electron chi connectivity index (χ2n) is 11.6. The van der Waals surface area contributed by atoms with E-state index in [4.69, 9.17) is 4.42 Å². The molecule has 0 aliphatic heterocycles. The van der Waals surface area contributed by atoms with Crippen LogP contribution in [0.2, 0.25) is 0 Å². The Morgan fingerprint density at radius 2 is 1.05 bits per heavy atom. The van der Waals surface area contributed by atoms with Crippen LogP contribution >= 0.6 is 0 Å². The summed E-state index contributed by atoms with van der Waals surface area (Å²) in [6, 6.07) is 7.62. The van der Waals surface area contributed by atoms with Gasteiger partial charge >= 0.3 is 0 Å². The van der Waals surface area contributed by atoms with Crippen molar-refractivity contribution in [2.45, 2.75) is 129 Å². The van der Waals surface area contributed by atoms with Crippen LogP contribution in [0, 0.1) is 0 Å². The molecular formula is C35H50O6. The molecule has 0 spiro atoms. The average Bonchev–Trinajstić information content (AvgIpc) is 2.96. The van der Waals surface area contributed by atoms with Gasteiger partial charge in [0.15, 0.2) is 23.0 Å². The second-order valence-corrected chi connectivity index (χ2v) is 11.6. The molecule has 0 amide bonds. The Kier molecular flexibility index (Phi) is 13.9. The molecular weight excluding hydrogens is 516 g/mol. The van der Waals surface area contributed by atoms with E-state index in [1.807, 2.05) is 12.1 Å². The molecule has 3 aromatic rings. The Balaban J connectivity index is 1.32. The highest BCUT2D eigenvalue weighted by atomic mass is 16.4. The zero-order valence-corrected chi connectivity index (χ0v) is 24.9. The smallest absolute Gasteiger partial charge is 0.235 e. The van der Waals surface area contributed by atoms with E-state index < -0.39 is 28.4 Å². The summed E-state index contributed by atoms with van der Waals surface area (Å²) < 4.78 is 5.84. The van der Waals surface area contributed by atoms with E-state index in [1.54, 1.807) is 6.07 Å². The molecule has 0 bridgehead atoms. The first-order chi connectivity index (χ1) is 19.9. The second kappa shape index (κ2) is 17.6. The zero-order valence-electron chi connectivity index (χ0n) is 24.9. The minimum atomic E-state index is -0.678. The number of fused-ring (bicyclic) bond motifs is 1. The third-order valence-electron chi connectivity index (χ3n) is 8.08. The molecule has 0 saturated carbocycles. The van der Waals surface area contributed by atoms with Crippen molar-refractivity contribution in [3.8, 4) is 34.3 Å². The fourth-order valence-electron chi connectivity index (χ4n) is 5.54. The summed E-state index contributed by atoms with van der Waals surface area (Å²) in [5, 5.41) is 39.9. The summed E-state index contributed by atoms with van der Waals surface area (Å²) in [5.74, 6) is -2.62. The monoisotopic (exact) mass is 566 g/mol. The first-order valence-electron chi connectivity index (χ1n) is 16.0. The molecule has 0 unspecified atom stereocenters. The lowest BCUT2D eigenvalue weighted by atomic mass is 10.0. The van der Waals surface area contributed by atoms with E-state index >= 15 is 0 Å². The van der Waals surface area contributed by atoms with Gasteiger partial charge in [0, 0.05) is 5.56 Å². The normalized spacial score (nSPS) is 11.4. The van der Waals surface area contributed by atoms with E-state index in [0.717, 1.165) is 37.0 Å². The Morgan fingerprint density at radius 1 is 0.585 bits per heavy atom. The van der Waals surface area contributed by atoms with Crippen LogP contribution in [0.3, 0.4) is 0 Å². The first-order valence-corrected chi connectivity index (χ1v) is 16.0. The van der Waals surface area contributed by atoms with Gasteiger partial charge < -0.3 is 24.8 Å². The molecule has 1 aromatic heterocycles. The van der Waals surface area contributed by atoms with Crippen molar-refractivity contribution in [2.75, 3.05) is 0 Å². The third kappa shape index (κ3) is 10.3. The van der Waals surface area contributed by atoms with Gasteiger partial charge in [-0.3, -0.25) is 4.79 Å². The first kappa shape index (κ1) is 32.4. The molecule has 0 saturated heterocycles. The maximum atomic E-state index is 12.7. The summed E-state index contributed by atoms with van der Waals surface area (Å²) in [7, 11) is 0. The van der Waals surface area contributed by atoms with E-state index in [9.17, 15) is 25.2 Å². The minimum absolute atomic E-state index is 0.0863. The lowest BCUT2D eigenvalue weighted by Gasteiger charge is -2.09. The lowest BCUT2D eigenvalue weighted by molar-refractivity contribution is 0.368. The Morgan fingerprint density at radius 3 is 1.54 bits per heavy atom. The standard InChI is InChI=1S/C35H50O6/c1-2-3-4-5-6-7-8-9-10-11-12-13-14-15-16-17-18-19-20-26-21-22-28-31(23-26)41-35(34(40)32(28)38)27-24-29(36)33(39)30(37)25-27/h21-25,36-37,39-40H,2-20H2,1H3. The number of unbranched alkanes of at least 4 members (excludes halogenated alkanes) is 17. The zero-order chi connectivity index (χ0) is 29.5. The number of aromatic hydroxyl groups is 4. The van der Waals surface area contributed by atoms with Crippen molar-refractivity contribution < 1.29 is 24.8 Å². The maximum absolute atomic E-state index is 12.7. The summed E-state index contributed by atoms with van der Waals surface area (Å²) in [5.41, 5.74) is 0.871. The molecule has 6 nitrogen and oxygen atoms in total. The number of phenols is 3. The molecule has 2 aromatic carbocycles. The van der Waals surface area contributed by atoms with Crippen LogP contribution in [0.15, 0.2) is 39.5 Å². The number of aryl methyl sites for hydroxylation is 1. The summed E-state index contributed by atoms with van der Waals surface area (Å²) in [6.07, 6.45) is 25.0. The number of phenolic OH excluding ortho intramolecular Hbond substituents is 3. The van der Waals surface area contributed by atoms with Gasteiger partial charge in [-0.15, -0.1) is 0 Å². The van der Waals surface area contributed by atoms with Gasteiger partial charge in [0.1, 0.15) is 5.58 Å². The van der Waals surface area contributed by atoms with Crippen molar-refractivity contribution >= 4 is 11.0 Å². The average molecular weight is 567 g/mol. The molecule has 0 aliphatic carbocycles. The van der Waals surface area contributed by atoms with Gasteiger partial charge in [0.05, 0.1) is 5.39 Å². The highest BCUT2D eigenvalue weighted by Crippen LogP contribution is 2.41. The van der Waals surface area contributed by atoms with Crippen LogP contribution in [-0.2, 0) is 6.42 Å². The van der Waals surface area contributed by atoms with Crippen LogP contribution < -0.4 is 5.43 Å². The molecule has 3 rings (SSSR count). The van der Waals surface area contributed by atoms with Crippen molar-refractivity contribution in [3.05, 3.63) is 46.1 Å². The number of hydrogen-bond acceptors (Lipinski definition) is 6. The van der Waals surface area contributed by atoms with Gasteiger partial charge in [-0.05, 0) is 42.7 Å². The molecule has 226 valence electrons. The van der Waals surface area contributed by atoms with Crippen LogP contribution in [0.25, 0.3) is 22.3 Å². The SMILES string of the molecule is CCCCCCCCCCCCCCCCCCCCc1ccc2c(=O)c(O)c(-c3cc(O)c(O)c(O)c3)oc2c1. The molecule has 0 fully saturated rings. The maximum Gasteiger partial charge on any atom is 0.235 e. The summed E-state index contributed by atoms with van der Waals surface area (Å²) in [4.78, 5) is 12.7. The molecule has 1 heterocycles. The highest BCUT2D eigenvalue weighted by Gasteiger charge is 2.19. The molecule has 6 heteroatoms. The van der Waals surface area contributed by atoms with Crippen LogP contribution in [0.5, 0.6) is 23.0 Å². The van der Waals surface area contributed by atoms with Crippen molar-refractivity contribution in [1.29, 1.82) is 0 Å². The van der Waals surface area contributed by atoms with Gasteiger partial charge in [-0.1, -0.05) is 122 Å². The summed E-state index contributed by atoms with van der Waals surface area (Å²) >= 11 is 0. The van der Waals surface area contributed by atoms with E-state index in [1.165, 1.54) is 103 Å². The Bertz CT molecular complexity index is 1240. The van der Waals surface area contributed by atoms with Crippen LogP contribution in [0.4, 0.5) is 0 Å². The Labute approximate surface area is 245 Å². The number of hydrogen-bond donors (Lipinski definition) is 4. The largest absolute Gasteiger partial charge is 0.504 e. The van der Waals surface area contributed by atoms with Gasteiger partial charge in [-0.25, -0.2) is 0 Å². The fraction of sp³-hybridized carbons (Fsp3) is 0.571. The van der Waals surface area contributed by atoms with Crippen LogP contribution in [0.1, 0.15) is 128 Å². The fourth-order valence-corrected chi connectivity index (χ4v) is 5.54. The van der Waals surface area contributed by atoms with Gasteiger partial charge in [0.2, 0.25) is 11.2 Å². The predicted molar refractivity (Wildman–Crippen MR) is 167 cm³/mol. The molecule has 41 heavy (non-hydrogen) atoms. The Hall–Kier alpha value is -3.15. The molecule has 0 atom stereocenters. The van der Waals surface area contributed by atoms with Crippen molar-refractivity contribution in [2.24, 2.45) is 0 Å². The predicted octanol–water partition coefficient (Wildman–Crippen LogP) is 9.87. The van der Waals surface area contributed by atoms with Gasteiger partial charge in [-0.2, -0.15) is 0 Å². The van der Waals surface area contributed by atoms with Crippen molar-refractivity contribution in [3.63, 3.8) is 0 Å². The van der Waals surface area contributed by atoms with Crippen LogP contribution in [-0.4, -0.2) is 20.4 Å². The van der Waals surface area contributed by atoms with E-state index in [0.29, 0.717) is 5.58 Å². The van der Waals surface area contributed by atoms with E-state index in [-0.39, 0.29) is 16.7 Å². The molecule has 0 aliphatic rings. The van der Waals surface area contributed by atoms with Gasteiger partial charge in [0.25, 0.3) is 0 Å². The number of benzene rings is 2. The lowest BCUT2D eigenvalue weighted by Crippen LogP contribution is -2.03. The topological polar surface area (TPSA) is 111 Å². The summed E-state index contributed by atoms with van der Waals surface area (Å²) in [6.45, 7) is 2.27. The minimum Gasteiger partial charge on any atom is -0.504 e. The third-order valence-corrected chi connectivity index (χ3v) is 8.08. The highest BCUT2D eigenvalue weighted by molar-refractivity contribution is 5.83. The molecule has 4 N–H and O–H groups in total. The molecule has 0 radical (unpaired) electrons.